The van der Waals surface area contributed by atoms with Crippen molar-refractivity contribution in [2.45, 2.75) is 25.7 Å². The van der Waals surface area contributed by atoms with Crippen molar-refractivity contribution in [2.24, 2.45) is 0 Å². The quantitative estimate of drug-likeness (QED) is 0.436. The molecule has 4 rings (SSSR count). The zero-order valence-corrected chi connectivity index (χ0v) is 16.5. The maximum Gasteiger partial charge on any atom is 0.0393 e. The van der Waals surface area contributed by atoms with Crippen molar-refractivity contribution in [1.29, 1.82) is 0 Å². The normalized spacial score (nSPS) is 16.6. The van der Waals surface area contributed by atoms with Crippen molar-refractivity contribution in [3.8, 4) is 33.2 Å². The van der Waals surface area contributed by atoms with Crippen LogP contribution in [0.15, 0.2) is 84.5 Å². The van der Waals surface area contributed by atoms with Crippen LogP contribution >= 0.6 is 11.3 Å². The van der Waals surface area contributed by atoms with Gasteiger partial charge < -0.3 is 0 Å². The molecule has 0 aliphatic heterocycles. The smallest absolute Gasteiger partial charge is 0.0393 e. The number of rotatable bonds is 3. The molecule has 0 spiro atoms. The van der Waals surface area contributed by atoms with E-state index < -0.39 is 0 Å². The summed E-state index contributed by atoms with van der Waals surface area (Å²) >= 11 is 1.92. The fourth-order valence-corrected chi connectivity index (χ4v) is 5.46. The van der Waals surface area contributed by atoms with Crippen LogP contribution in [0.4, 0.5) is 0 Å². The monoisotopic (exact) mass is 366 g/mol. The van der Waals surface area contributed by atoms with E-state index in [9.17, 15) is 0 Å². The Bertz CT molecular complexity index is 1050. The number of allylic oxidation sites excluding steroid dienone is 4. The van der Waals surface area contributed by atoms with Gasteiger partial charge in [0, 0.05) is 15.2 Å². The summed E-state index contributed by atoms with van der Waals surface area (Å²) in [6.45, 7) is 4.67. The van der Waals surface area contributed by atoms with Crippen LogP contribution in [-0.4, -0.2) is 0 Å². The molecule has 3 aromatic rings. The lowest BCUT2D eigenvalue weighted by molar-refractivity contribution is 0.647. The molecule has 0 unspecified atom stereocenters. The van der Waals surface area contributed by atoms with E-state index in [2.05, 4.69) is 86.5 Å². The Hall–Kier alpha value is -2.82. The Morgan fingerprint density at radius 3 is 2.11 bits per heavy atom. The van der Waals surface area contributed by atoms with Gasteiger partial charge in [0.2, 0.25) is 0 Å². The van der Waals surface area contributed by atoms with E-state index >= 15 is 0 Å². The second kappa shape index (κ2) is 7.06. The molecule has 0 nitrogen and oxygen atoms in total. The summed E-state index contributed by atoms with van der Waals surface area (Å²) in [7, 11) is 0. The van der Waals surface area contributed by atoms with E-state index in [4.69, 9.17) is 6.42 Å². The number of benzene rings is 2. The molecule has 1 heteroatoms. The molecule has 27 heavy (non-hydrogen) atoms. The molecule has 0 saturated heterocycles. The van der Waals surface area contributed by atoms with Gasteiger partial charge in [-0.05, 0) is 34.8 Å². The highest BCUT2D eigenvalue weighted by Gasteiger charge is 2.40. The van der Waals surface area contributed by atoms with Crippen molar-refractivity contribution >= 4 is 11.3 Å². The first kappa shape index (κ1) is 17.6. The number of thiophene rings is 1. The highest BCUT2D eigenvalue weighted by Crippen LogP contribution is 2.54. The summed E-state index contributed by atoms with van der Waals surface area (Å²) in [6, 6.07) is 21.5. The minimum absolute atomic E-state index is 0.0109. The molecule has 0 fully saturated rings. The second-order valence-electron chi connectivity index (χ2n) is 7.37. The van der Waals surface area contributed by atoms with Gasteiger partial charge >= 0.3 is 0 Å². The predicted octanol–water partition coefficient (Wildman–Crippen LogP) is 7.03. The van der Waals surface area contributed by atoms with Gasteiger partial charge in [-0.25, -0.2) is 0 Å². The van der Waals surface area contributed by atoms with Gasteiger partial charge in [-0.1, -0.05) is 98.2 Å². The van der Waals surface area contributed by atoms with E-state index in [0.29, 0.717) is 0 Å². The molecule has 0 atom stereocenters. The molecule has 0 saturated carbocycles. The Balaban J connectivity index is 1.94. The molecular formula is C26H22S. The first-order chi connectivity index (χ1) is 13.1. The van der Waals surface area contributed by atoms with Gasteiger partial charge in [0.15, 0.2) is 0 Å². The van der Waals surface area contributed by atoms with E-state index in [-0.39, 0.29) is 5.41 Å². The molecule has 1 aliphatic rings. The number of hydrogen-bond donors (Lipinski definition) is 0. The summed E-state index contributed by atoms with van der Waals surface area (Å²) in [5.41, 5.74) is 6.95. The summed E-state index contributed by atoms with van der Waals surface area (Å²) in [5.74, 6) is 2.59. The molecule has 0 bridgehead atoms. The van der Waals surface area contributed by atoms with Crippen LogP contribution in [0.3, 0.4) is 0 Å². The lowest BCUT2D eigenvalue weighted by Crippen LogP contribution is -2.15. The Morgan fingerprint density at radius 2 is 1.52 bits per heavy atom. The van der Waals surface area contributed by atoms with Crippen molar-refractivity contribution < 1.29 is 0 Å². The first-order valence-electron chi connectivity index (χ1n) is 9.22. The van der Waals surface area contributed by atoms with Crippen LogP contribution in [-0.2, 0) is 11.8 Å². The SMILES string of the molecule is C#C/C=C\C=C1/Cc2c(-c3ccccc3)sc(-c3ccccc3)c2C1(C)C. The van der Waals surface area contributed by atoms with Gasteiger partial charge in [0.1, 0.15) is 0 Å². The van der Waals surface area contributed by atoms with Crippen molar-refractivity contribution in [2.75, 3.05) is 0 Å². The maximum atomic E-state index is 5.38. The van der Waals surface area contributed by atoms with Crippen molar-refractivity contribution in [1.82, 2.24) is 0 Å². The average Bonchev–Trinajstić information content (AvgIpc) is 3.20. The third-order valence-corrected chi connectivity index (χ3v) is 6.69. The molecule has 2 aromatic carbocycles. The third-order valence-electron chi connectivity index (χ3n) is 5.36. The Kier molecular flexibility index (Phi) is 4.60. The van der Waals surface area contributed by atoms with Gasteiger partial charge in [0.25, 0.3) is 0 Å². The Morgan fingerprint density at radius 1 is 0.926 bits per heavy atom. The summed E-state index contributed by atoms with van der Waals surface area (Å²) in [5, 5.41) is 0. The minimum atomic E-state index is -0.0109. The lowest BCUT2D eigenvalue weighted by atomic mass is 9.81. The fraction of sp³-hybridized carbons (Fsp3) is 0.154. The van der Waals surface area contributed by atoms with E-state index in [1.165, 1.54) is 37.6 Å². The molecule has 1 aliphatic carbocycles. The molecule has 0 radical (unpaired) electrons. The van der Waals surface area contributed by atoms with Crippen LogP contribution < -0.4 is 0 Å². The highest BCUT2D eigenvalue weighted by molar-refractivity contribution is 7.19. The summed E-state index contributed by atoms with van der Waals surface area (Å²) in [6.07, 6.45) is 12.3. The topological polar surface area (TPSA) is 0 Å². The minimum Gasteiger partial charge on any atom is -0.135 e. The number of terminal acetylenes is 1. The summed E-state index contributed by atoms with van der Waals surface area (Å²) in [4.78, 5) is 2.78. The van der Waals surface area contributed by atoms with Crippen LogP contribution in [0.25, 0.3) is 20.9 Å². The zero-order valence-electron chi connectivity index (χ0n) is 15.7. The largest absolute Gasteiger partial charge is 0.135 e. The summed E-state index contributed by atoms with van der Waals surface area (Å²) < 4.78 is 0. The third kappa shape index (κ3) is 3.07. The van der Waals surface area contributed by atoms with E-state index in [0.717, 1.165) is 6.42 Å². The van der Waals surface area contributed by atoms with E-state index in [1.807, 2.05) is 17.4 Å². The zero-order chi connectivity index (χ0) is 18.9. The van der Waals surface area contributed by atoms with Crippen molar-refractivity contribution in [3.05, 3.63) is 95.6 Å². The Labute approximate surface area is 165 Å². The molecule has 1 aromatic heterocycles. The number of fused-ring (bicyclic) bond motifs is 1. The van der Waals surface area contributed by atoms with Gasteiger partial charge in [-0.3, -0.25) is 0 Å². The van der Waals surface area contributed by atoms with Gasteiger partial charge in [-0.15, -0.1) is 17.8 Å². The highest BCUT2D eigenvalue weighted by atomic mass is 32.1. The second-order valence-corrected chi connectivity index (χ2v) is 8.39. The van der Waals surface area contributed by atoms with Gasteiger partial charge in [0.05, 0.1) is 0 Å². The fourth-order valence-electron chi connectivity index (χ4n) is 3.97. The number of hydrogen-bond acceptors (Lipinski definition) is 1. The van der Waals surface area contributed by atoms with Crippen LogP contribution in [0.5, 0.6) is 0 Å². The molecule has 0 N–H and O–H groups in total. The van der Waals surface area contributed by atoms with Crippen molar-refractivity contribution in [3.63, 3.8) is 0 Å². The predicted molar refractivity (Wildman–Crippen MR) is 118 cm³/mol. The molecular weight excluding hydrogens is 344 g/mol. The van der Waals surface area contributed by atoms with Crippen LogP contribution in [0.1, 0.15) is 25.0 Å². The van der Waals surface area contributed by atoms with E-state index in [1.54, 1.807) is 6.08 Å². The standard InChI is InChI=1S/C26H22S/c1-4-5-8-17-21-18-22-23(26(21,2)3)25(20-15-11-7-12-16-20)27-24(22)19-13-9-6-10-14-19/h1,5-17H,18H2,2-3H3/b8-5-,21-17+. The van der Waals surface area contributed by atoms with Crippen LogP contribution in [0.2, 0.25) is 0 Å². The van der Waals surface area contributed by atoms with Crippen LogP contribution in [0, 0.1) is 12.3 Å². The lowest BCUT2D eigenvalue weighted by Gasteiger charge is -2.23. The molecule has 0 amide bonds. The first-order valence-corrected chi connectivity index (χ1v) is 10.0. The average molecular weight is 367 g/mol. The molecule has 1 heterocycles. The van der Waals surface area contributed by atoms with Gasteiger partial charge in [-0.2, -0.15) is 0 Å². The molecule has 132 valence electrons. The maximum absolute atomic E-state index is 5.38.